The molecule has 8 heteroatoms. The van der Waals surface area contributed by atoms with Gasteiger partial charge in [0.2, 0.25) is 5.91 Å². The molecular formula is C30H35N5O3. The summed E-state index contributed by atoms with van der Waals surface area (Å²) in [6.45, 7) is 1.01. The first kappa shape index (κ1) is 23.2. The normalized spacial score (nSPS) is 17.0. The number of carbonyl (C=O) groups excluding carboxylic acids is 3. The second-order valence-electron chi connectivity index (χ2n) is 10.2. The van der Waals surface area contributed by atoms with Gasteiger partial charge in [0.15, 0.2) is 0 Å². The Kier molecular flexibility index (Phi) is 6.39. The lowest BCUT2D eigenvalue weighted by atomic mass is 9.71. The average molecular weight is 516 g/mol. The molecule has 2 aromatic carbocycles. The Morgan fingerprint density at radius 3 is 2.24 bits per heavy atom. The maximum atomic E-state index is 13.2. The maximum absolute atomic E-state index is 13.2. The summed E-state index contributed by atoms with van der Waals surface area (Å²) < 4.78 is 20.3. The van der Waals surface area contributed by atoms with Crippen molar-refractivity contribution in [2.24, 2.45) is 0 Å². The molecule has 2 heterocycles. The highest BCUT2D eigenvalue weighted by Crippen LogP contribution is 2.49. The van der Waals surface area contributed by atoms with Crippen LogP contribution in [0.15, 0.2) is 60.7 Å². The first-order valence-electron chi connectivity index (χ1n) is 14.0. The van der Waals surface area contributed by atoms with E-state index in [1.807, 2.05) is 33.7 Å². The van der Waals surface area contributed by atoms with Crippen LogP contribution in [0.1, 0.15) is 66.6 Å². The number of nitrogens with one attached hydrogen (secondary N) is 2. The Balaban J connectivity index is 1.33. The SMILES string of the molecule is [2H]C([2H])(c1ccc(C(=O)N(C)C)cc1)N1CCn2c(C(=O)NCc3ccc(NC(C)=O)cc3)ccc2C12CCC2. The Bertz CT molecular complexity index is 1430. The highest BCUT2D eigenvalue weighted by Gasteiger charge is 2.48. The third-order valence-electron chi connectivity index (χ3n) is 7.46. The van der Waals surface area contributed by atoms with Crippen molar-refractivity contribution in [1.29, 1.82) is 0 Å². The van der Waals surface area contributed by atoms with Gasteiger partial charge in [0.25, 0.3) is 11.8 Å². The number of hydrogen-bond acceptors (Lipinski definition) is 4. The fraction of sp³-hybridized carbons (Fsp3) is 0.367. The summed E-state index contributed by atoms with van der Waals surface area (Å²) >= 11 is 0. The van der Waals surface area contributed by atoms with Crippen LogP contribution in [0.25, 0.3) is 0 Å². The van der Waals surface area contributed by atoms with Crippen molar-refractivity contribution < 1.29 is 17.1 Å². The summed E-state index contributed by atoms with van der Waals surface area (Å²) in [6, 6.07) is 17.9. The number of anilines is 1. The Morgan fingerprint density at radius 1 is 0.947 bits per heavy atom. The summed E-state index contributed by atoms with van der Waals surface area (Å²) in [4.78, 5) is 40.2. The van der Waals surface area contributed by atoms with Crippen molar-refractivity contribution in [1.82, 2.24) is 19.7 Å². The zero-order valence-corrected chi connectivity index (χ0v) is 22.1. The summed E-state index contributed by atoms with van der Waals surface area (Å²) in [7, 11) is 3.39. The molecule has 38 heavy (non-hydrogen) atoms. The molecule has 8 nitrogen and oxygen atoms in total. The lowest BCUT2D eigenvalue weighted by Gasteiger charge is -2.53. The van der Waals surface area contributed by atoms with E-state index in [1.54, 1.807) is 50.5 Å². The summed E-state index contributed by atoms with van der Waals surface area (Å²) in [5.41, 5.74) is 3.71. The van der Waals surface area contributed by atoms with E-state index in [1.165, 1.54) is 11.8 Å². The molecule has 2 N–H and O–H groups in total. The second kappa shape index (κ2) is 10.5. The van der Waals surface area contributed by atoms with E-state index in [0.717, 1.165) is 30.5 Å². The van der Waals surface area contributed by atoms with Crippen molar-refractivity contribution in [2.45, 2.75) is 51.3 Å². The van der Waals surface area contributed by atoms with E-state index in [0.29, 0.717) is 42.1 Å². The van der Waals surface area contributed by atoms with Gasteiger partial charge in [0, 0.05) is 66.8 Å². The van der Waals surface area contributed by atoms with E-state index in [2.05, 4.69) is 10.6 Å². The minimum atomic E-state index is -1.75. The van der Waals surface area contributed by atoms with Crippen LogP contribution in [0.4, 0.5) is 5.69 Å². The summed E-state index contributed by atoms with van der Waals surface area (Å²) in [5, 5.41) is 5.73. The smallest absolute Gasteiger partial charge is 0.268 e. The number of amides is 3. The highest BCUT2D eigenvalue weighted by atomic mass is 16.2. The van der Waals surface area contributed by atoms with Crippen LogP contribution < -0.4 is 10.6 Å². The standard InChI is InChI=1S/C30H35N5O3/c1-21(36)32-25-11-7-22(8-12-25)19-31-28(37)26-13-14-27-30(15-4-16-30)34(17-18-35(26)27)20-23-5-9-24(10-6-23)29(38)33(2)3/h5-14H,4,15-20H2,1-3H3,(H,31,37)(H,32,36)/i20D2. The summed E-state index contributed by atoms with van der Waals surface area (Å²) in [5.74, 6) is -0.431. The van der Waals surface area contributed by atoms with Gasteiger partial charge in [-0.05, 0) is 66.8 Å². The molecule has 1 aromatic heterocycles. The first-order chi connectivity index (χ1) is 19.0. The molecule has 198 valence electrons. The van der Waals surface area contributed by atoms with Crippen LogP contribution in [0.3, 0.4) is 0 Å². The molecule has 0 atom stereocenters. The minimum absolute atomic E-state index is 0.119. The molecule has 1 spiro atoms. The third kappa shape index (κ3) is 4.96. The molecule has 0 radical (unpaired) electrons. The van der Waals surface area contributed by atoms with Crippen LogP contribution >= 0.6 is 0 Å². The summed E-state index contributed by atoms with van der Waals surface area (Å²) in [6.07, 6.45) is 2.62. The van der Waals surface area contributed by atoms with Crippen molar-refractivity contribution in [2.75, 3.05) is 26.0 Å². The zero-order chi connectivity index (χ0) is 28.7. The number of carbonyl (C=O) groups is 3. The average Bonchev–Trinajstić information content (AvgIpc) is 3.35. The molecule has 1 fully saturated rings. The quantitative estimate of drug-likeness (QED) is 0.499. The van der Waals surface area contributed by atoms with Crippen LogP contribution in [0.2, 0.25) is 0 Å². The van der Waals surface area contributed by atoms with Gasteiger partial charge >= 0.3 is 0 Å². The van der Waals surface area contributed by atoms with Gasteiger partial charge in [-0.25, -0.2) is 0 Å². The van der Waals surface area contributed by atoms with Gasteiger partial charge in [-0.15, -0.1) is 0 Å². The van der Waals surface area contributed by atoms with Crippen molar-refractivity contribution in [3.63, 3.8) is 0 Å². The van der Waals surface area contributed by atoms with Gasteiger partial charge in [0.05, 0.1) is 5.54 Å². The number of aromatic nitrogens is 1. The van der Waals surface area contributed by atoms with E-state index >= 15 is 0 Å². The fourth-order valence-electron chi connectivity index (χ4n) is 5.35. The molecule has 1 aliphatic heterocycles. The molecule has 0 unspecified atom stereocenters. The Labute approximate surface area is 226 Å². The number of hydrogen-bond donors (Lipinski definition) is 2. The number of rotatable bonds is 7. The molecule has 1 aliphatic carbocycles. The van der Waals surface area contributed by atoms with E-state index in [4.69, 9.17) is 2.74 Å². The lowest BCUT2D eigenvalue weighted by molar-refractivity contribution is -0.114. The predicted octanol–water partition coefficient (Wildman–Crippen LogP) is 3.97. The Morgan fingerprint density at radius 2 is 1.63 bits per heavy atom. The zero-order valence-electron chi connectivity index (χ0n) is 24.1. The van der Waals surface area contributed by atoms with Crippen molar-refractivity contribution in [3.8, 4) is 0 Å². The van der Waals surface area contributed by atoms with Gasteiger partial charge in [-0.1, -0.05) is 24.3 Å². The van der Waals surface area contributed by atoms with E-state index in [9.17, 15) is 14.4 Å². The van der Waals surface area contributed by atoms with Crippen LogP contribution in [-0.2, 0) is 29.9 Å². The molecule has 3 amide bonds. The topological polar surface area (TPSA) is 86.7 Å². The van der Waals surface area contributed by atoms with E-state index in [-0.39, 0.29) is 17.7 Å². The van der Waals surface area contributed by atoms with Gasteiger partial charge < -0.3 is 20.1 Å². The molecular weight excluding hydrogens is 478 g/mol. The fourth-order valence-corrected chi connectivity index (χ4v) is 5.35. The molecule has 2 aliphatic rings. The number of benzene rings is 2. The van der Waals surface area contributed by atoms with Gasteiger partial charge in [0.1, 0.15) is 5.69 Å². The van der Waals surface area contributed by atoms with Gasteiger partial charge in [-0.2, -0.15) is 0 Å². The molecule has 0 bridgehead atoms. The monoisotopic (exact) mass is 515 g/mol. The van der Waals surface area contributed by atoms with Gasteiger partial charge in [-0.3, -0.25) is 19.3 Å². The van der Waals surface area contributed by atoms with Crippen molar-refractivity contribution in [3.05, 3.63) is 88.7 Å². The third-order valence-corrected chi connectivity index (χ3v) is 7.46. The second-order valence-corrected chi connectivity index (χ2v) is 10.2. The van der Waals surface area contributed by atoms with Crippen molar-refractivity contribution >= 4 is 23.4 Å². The largest absolute Gasteiger partial charge is 0.347 e. The molecule has 1 saturated carbocycles. The van der Waals surface area contributed by atoms with Crippen LogP contribution in [0, 0.1) is 0 Å². The number of fused-ring (bicyclic) bond motifs is 2. The number of nitrogens with zero attached hydrogens (tertiary/aromatic N) is 3. The lowest BCUT2D eigenvalue weighted by Crippen LogP contribution is -2.56. The Hall–Kier alpha value is -3.91. The predicted molar refractivity (Wildman–Crippen MR) is 147 cm³/mol. The molecule has 5 rings (SSSR count). The highest BCUT2D eigenvalue weighted by molar-refractivity contribution is 5.94. The maximum Gasteiger partial charge on any atom is 0.268 e. The first-order valence-corrected chi connectivity index (χ1v) is 13.0. The van der Waals surface area contributed by atoms with E-state index < -0.39 is 12.0 Å². The van der Waals surface area contributed by atoms with Crippen LogP contribution in [0.5, 0.6) is 0 Å². The molecule has 3 aromatic rings. The van der Waals surface area contributed by atoms with Crippen LogP contribution in [-0.4, -0.2) is 52.7 Å². The molecule has 0 saturated heterocycles. The minimum Gasteiger partial charge on any atom is -0.347 e.